The predicted octanol–water partition coefficient (Wildman–Crippen LogP) is 3.53. The smallest absolute Gasteiger partial charge is 0.359 e. The zero-order valence-corrected chi connectivity index (χ0v) is 14.8. The highest BCUT2D eigenvalue weighted by molar-refractivity contribution is 6.38. The summed E-state index contributed by atoms with van der Waals surface area (Å²) in [5, 5.41) is 3.64. The summed E-state index contributed by atoms with van der Waals surface area (Å²) >= 11 is 0. The fourth-order valence-corrected chi connectivity index (χ4v) is 2.55. The van der Waals surface area contributed by atoms with Gasteiger partial charge in [-0.3, -0.25) is 9.59 Å². The number of benzene rings is 2. The maximum Gasteiger partial charge on any atom is 0.359 e. The van der Waals surface area contributed by atoms with Crippen molar-refractivity contribution in [2.24, 2.45) is 5.10 Å². The van der Waals surface area contributed by atoms with Gasteiger partial charge in [-0.1, -0.05) is 0 Å². The number of hydrogen-bond donors (Lipinski definition) is 0. The molecule has 2 aromatic carbocycles. The van der Waals surface area contributed by atoms with Crippen molar-refractivity contribution in [3.63, 3.8) is 0 Å². The van der Waals surface area contributed by atoms with Crippen LogP contribution in [0.25, 0.3) is 0 Å². The molecule has 1 aliphatic rings. The summed E-state index contributed by atoms with van der Waals surface area (Å²) in [6.45, 7) is 1.36. The van der Waals surface area contributed by atoms with Crippen LogP contribution in [-0.2, 0) is 9.59 Å². The van der Waals surface area contributed by atoms with Crippen molar-refractivity contribution in [1.82, 2.24) is 0 Å². The minimum Gasteiger partial charge on any atom is -0.422 e. The normalized spacial score (nSPS) is 13.9. The van der Waals surface area contributed by atoms with Gasteiger partial charge in [-0.2, -0.15) is 10.1 Å². The van der Waals surface area contributed by atoms with E-state index in [1.54, 1.807) is 0 Å². The van der Waals surface area contributed by atoms with Gasteiger partial charge in [-0.25, -0.2) is 22.4 Å². The third-order valence-electron chi connectivity index (χ3n) is 4.04. The molecular formula is C19H12F4N2O4. The lowest BCUT2D eigenvalue weighted by Crippen LogP contribution is -2.37. The summed E-state index contributed by atoms with van der Waals surface area (Å²) in [6, 6.07) is 5.53. The predicted molar refractivity (Wildman–Crippen MR) is 92.5 cm³/mol. The second kappa shape index (κ2) is 7.82. The van der Waals surface area contributed by atoms with Crippen molar-refractivity contribution >= 4 is 29.1 Å². The van der Waals surface area contributed by atoms with Gasteiger partial charge >= 0.3 is 5.97 Å². The van der Waals surface area contributed by atoms with Crippen molar-refractivity contribution in [1.29, 1.82) is 0 Å². The Balaban J connectivity index is 1.90. The highest BCUT2D eigenvalue weighted by Crippen LogP contribution is 2.30. The maximum atomic E-state index is 14.0. The number of hydrogen-bond acceptors (Lipinski definition) is 5. The molecule has 0 fully saturated rings. The summed E-state index contributed by atoms with van der Waals surface area (Å²) in [5.41, 5.74) is -1.36. The van der Waals surface area contributed by atoms with Crippen LogP contribution < -0.4 is 9.75 Å². The number of nitrogens with zero attached hydrogens (tertiary/aromatic N) is 2. The Labute approximate surface area is 161 Å². The van der Waals surface area contributed by atoms with Crippen molar-refractivity contribution in [2.75, 3.05) is 5.01 Å². The van der Waals surface area contributed by atoms with E-state index >= 15 is 0 Å². The Morgan fingerprint density at radius 3 is 2.14 bits per heavy atom. The molecule has 0 atom stereocenters. The maximum absolute atomic E-state index is 14.0. The van der Waals surface area contributed by atoms with E-state index in [4.69, 9.17) is 4.74 Å². The fraction of sp³-hybridized carbons (Fsp3) is 0.158. The summed E-state index contributed by atoms with van der Waals surface area (Å²) in [4.78, 5) is 35.5. The van der Waals surface area contributed by atoms with E-state index in [0.29, 0.717) is 5.56 Å². The van der Waals surface area contributed by atoms with Gasteiger partial charge in [0.05, 0.1) is 0 Å². The number of anilines is 1. The van der Waals surface area contributed by atoms with E-state index in [-0.39, 0.29) is 34.7 Å². The minimum atomic E-state index is -1.82. The molecule has 2 aromatic rings. The van der Waals surface area contributed by atoms with Gasteiger partial charge < -0.3 is 4.74 Å². The summed E-state index contributed by atoms with van der Waals surface area (Å²) in [5.74, 6) is -9.22. The van der Waals surface area contributed by atoms with Crippen LogP contribution >= 0.6 is 0 Å². The Morgan fingerprint density at radius 2 is 1.59 bits per heavy atom. The Bertz CT molecular complexity index is 1020. The van der Waals surface area contributed by atoms with Crippen LogP contribution in [0.15, 0.2) is 35.4 Å². The standard InChI is InChI=1S/C19H12F4N2O4/c1-9(26)10-2-4-11(5-3-10)29-19(28)14-6-7-15(27)25(24-14)18-16(22)12(20)8-13(21)17(18)23/h2-5,8H,6-7H2,1H3. The third-order valence-corrected chi connectivity index (χ3v) is 4.04. The molecule has 0 aromatic heterocycles. The molecule has 0 unspecified atom stereocenters. The van der Waals surface area contributed by atoms with Gasteiger partial charge in [0, 0.05) is 24.5 Å². The van der Waals surface area contributed by atoms with Gasteiger partial charge in [0.2, 0.25) is 5.91 Å². The largest absolute Gasteiger partial charge is 0.422 e. The molecule has 0 saturated heterocycles. The molecule has 1 heterocycles. The minimum absolute atomic E-state index is 0.00775. The first-order valence-corrected chi connectivity index (χ1v) is 8.25. The third kappa shape index (κ3) is 4.00. The second-order valence-electron chi connectivity index (χ2n) is 6.04. The Hall–Kier alpha value is -3.56. The van der Waals surface area contributed by atoms with E-state index in [9.17, 15) is 31.9 Å². The lowest BCUT2D eigenvalue weighted by molar-refractivity contribution is -0.127. The van der Waals surface area contributed by atoms with Crippen LogP contribution in [0.5, 0.6) is 5.75 Å². The van der Waals surface area contributed by atoms with Crippen LogP contribution in [0.4, 0.5) is 23.2 Å². The molecule has 10 heteroatoms. The molecule has 0 radical (unpaired) electrons. The molecule has 1 aliphatic heterocycles. The number of Topliss-reactive ketones (excluding diaryl/α,β-unsaturated/α-hetero) is 1. The summed E-state index contributed by atoms with van der Waals surface area (Å²) in [7, 11) is 0. The molecular weight excluding hydrogens is 396 g/mol. The monoisotopic (exact) mass is 408 g/mol. The zero-order chi connectivity index (χ0) is 21.3. The van der Waals surface area contributed by atoms with Crippen molar-refractivity contribution in [3.8, 4) is 5.75 Å². The highest BCUT2D eigenvalue weighted by Gasteiger charge is 2.33. The van der Waals surface area contributed by atoms with Crippen LogP contribution in [0, 0.1) is 23.3 Å². The van der Waals surface area contributed by atoms with E-state index < -0.39 is 47.3 Å². The number of hydrazone groups is 1. The molecule has 150 valence electrons. The summed E-state index contributed by atoms with van der Waals surface area (Å²) < 4.78 is 59.9. The number of carbonyl (C=O) groups is 3. The fourth-order valence-electron chi connectivity index (χ4n) is 2.55. The average molecular weight is 408 g/mol. The van der Waals surface area contributed by atoms with Gasteiger partial charge in [0.15, 0.2) is 29.1 Å². The molecule has 29 heavy (non-hydrogen) atoms. The van der Waals surface area contributed by atoms with E-state index in [0.717, 1.165) is 0 Å². The average Bonchev–Trinajstić information content (AvgIpc) is 2.68. The molecule has 6 nitrogen and oxygen atoms in total. The van der Waals surface area contributed by atoms with E-state index in [2.05, 4.69) is 5.10 Å². The van der Waals surface area contributed by atoms with Crippen molar-refractivity contribution < 1.29 is 36.7 Å². The van der Waals surface area contributed by atoms with Crippen molar-refractivity contribution in [2.45, 2.75) is 19.8 Å². The molecule has 0 N–H and O–H groups in total. The van der Waals surface area contributed by atoms with E-state index in [1.165, 1.54) is 31.2 Å². The van der Waals surface area contributed by atoms with Crippen LogP contribution in [0.1, 0.15) is 30.1 Å². The molecule has 0 bridgehead atoms. The topological polar surface area (TPSA) is 76.0 Å². The number of ketones is 1. The zero-order valence-electron chi connectivity index (χ0n) is 14.8. The number of rotatable bonds is 4. The summed E-state index contributed by atoms with van der Waals surface area (Å²) in [6.07, 6.45) is -0.602. The van der Waals surface area contributed by atoms with Gasteiger partial charge in [0.25, 0.3) is 0 Å². The first kappa shape index (κ1) is 20.2. The Morgan fingerprint density at radius 1 is 1.00 bits per heavy atom. The molecule has 0 aliphatic carbocycles. The van der Waals surface area contributed by atoms with Crippen LogP contribution in [-0.4, -0.2) is 23.4 Å². The van der Waals surface area contributed by atoms with Crippen LogP contribution in [0.3, 0.4) is 0 Å². The second-order valence-corrected chi connectivity index (χ2v) is 6.04. The van der Waals surface area contributed by atoms with Crippen molar-refractivity contribution in [3.05, 3.63) is 59.2 Å². The lowest BCUT2D eigenvalue weighted by atomic mass is 10.1. The number of carbonyl (C=O) groups excluding carboxylic acids is 3. The highest BCUT2D eigenvalue weighted by atomic mass is 19.2. The molecule has 0 saturated carbocycles. The quantitative estimate of drug-likeness (QED) is 0.255. The SMILES string of the molecule is CC(=O)c1ccc(OC(=O)C2=NN(c3c(F)c(F)cc(F)c3F)C(=O)CC2)cc1. The first-order valence-electron chi connectivity index (χ1n) is 8.25. The first-order chi connectivity index (χ1) is 13.7. The molecule has 1 amide bonds. The van der Waals surface area contributed by atoms with Gasteiger partial charge in [-0.15, -0.1) is 0 Å². The van der Waals surface area contributed by atoms with Gasteiger partial charge in [-0.05, 0) is 31.2 Å². The number of halogens is 4. The number of ether oxygens (including phenoxy) is 1. The van der Waals surface area contributed by atoms with E-state index in [1.807, 2.05) is 0 Å². The lowest BCUT2D eigenvalue weighted by Gasteiger charge is -2.23. The van der Waals surface area contributed by atoms with Crippen LogP contribution in [0.2, 0.25) is 0 Å². The molecule has 3 rings (SSSR count). The van der Waals surface area contributed by atoms with Gasteiger partial charge in [0.1, 0.15) is 17.1 Å². The Kier molecular flexibility index (Phi) is 5.44. The number of esters is 1. The molecule has 0 spiro atoms. The number of amides is 1.